The van der Waals surface area contributed by atoms with Crippen LogP contribution in [-0.2, 0) is 4.79 Å². The van der Waals surface area contributed by atoms with Gasteiger partial charge in [0.2, 0.25) is 0 Å². The molecule has 0 saturated heterocycles. The number of aromatic nitrogens is 3. The normalized spacial score (nSPS) is 11.0. The number of hydrogen-bond acceptors (Lipinski definition) is 5. The van der Waals surface area contributed by atoms with Crippen LogP contribution in [0, 0.1) is 6.92 Å². The Labute approximate surface area is 196 Å². The van der Waals surface area contributed by atoms with Crippen LogP contribution in [0.4, 0.5) is 5.69 Å². The lowest BCUT2D eigenvalue weighted by molar-refractivity contribution is -0.118. The van der Waals surface area contributed by atoms with Gasteiger partial charge in [-0.1, -0.05) is 36.4 Å². The highest BCUT2D eigenvalue weighted by Gasteiger charge is 2.12. The maximum absolute atomic E-state index is 12.6. The van der Waals surface area contributed by atoms with Crippen LogP contribution in [0.25, 0.3) is 27.5 Å². The summed E-state index contributed by atoms with van der Waals surface area (Å²) < 4.78 is 11.3. The molecule has 0 aliphatic rings. The molecule has 4 aromatic carbocycles. The fourth-order valence-corrected chi connectivity index (χ4v) is 3.81. The molecule has 34 heavy (non-hydrogen) atoms. The first kappa shape index (κ1) is 21.5. The molecule has 170 valence electrons. The Morgan fingerprint density at radius 3 is 2.44 bits per heavy atom. The SMILES string of the molecule is CCOc1ccc(-n2nc3cc(C)c(NC(=O)COc4cccc5ccccc45)cc3n2)cc1. The average Bonchev–Trinajstić information content (AvgIpc) is 3.26. The number of carbonyl (C=O) groups is 1. The Balaban J connectivity index is 1.31. The van der Waals surface area contributed by atoms with Gasteiger partial charge in [-0.25, -0.2) is 0 Å². The first-order valence-corrected chi connectivity index (χ1v) is 11.1. The van der Waals surface area contributed by atoms with E-state index in [-0.39, 0.29) is 12.5 Å². The van der Waals surface area contributed by atoms with E-state index in [4.69, 9.17) is 9.47 Å². The molecule has 0 unspecified atom stereocenters. The summed E-state index contributed by atoms with van der Waals surface area (Å²) in [5, 5.41) is 14.1. The summed E-state index contributed by atoms with van der Waals surface area (Å²) in [6.07, 6.45) is 0. The quantitative estimate of drug-likeness (QED) is 0.363. The lowest BCUT2D eigenvalue weighted by Crippen LogP contribution is -2.20. The molecule has 0 spiro atoms. The summed E-state index contributed by atoms with van der Waals surface area (Å²) in [6.45, 7) is 4.40. The fourth-order valence-electron chi connectivity index (χ4n) is 3.81. The van der Waals surface area contributed by atoms with Gasteiger partial charge in [0.05, 0.1) is 12.3 Å². The van der Waals surface area contributed by atoms with Gasteiger partial charge >= 0.3 is 0 Å². The third-order valence-electron chi connectivity index (χ3n) is 5.49. The molecule has 1 amide bonds. The van der Waals surface area contributed by atoms with Crippen LogP contribution < -0.4 is 14.8 Å². The standard InChI is InChI=1S/C27H24N4O3/c1-3-33-21-13-11-20(12-14-21)31-29-24-15-18(2)23(16-25(24)30-31)28-27(32)17-34-26-10-6-8-19-7-4-5-9-22(19)26/h4-16H,3,17H2,1-2H3,(H,28,32). The topological polar surface area (TPSA) is 78.3 Å². The average molecular weight is 453 g/mol. The Hall–Kier alpha value is -4.39. The Kier molecular flexibility index (Phi) is 5.82. The van der Waals surface area contributed by atoms with Crippen LogP contribution in [0.3, 0.4) is 0 Å². The van der Waals surface area contributed by atoms with Gasteiger partial charge in [-0.15, -0.1) is 10.2 Å². The number of hydrogen-bond donors (Lipinski definition) is 1. The summed E-state index contributed by atoms with van der Waals surface area (Å²) in [4.78, 5) is 14.2. The number of aryl methyl sites for hydroxylation is 1. The van der Waals surface area contributed by atoms with Gasteiger partial charge in [0, 0.05) is 11.1 Å². The zero-order valence-corrected chi connectivity index (χ0v) is 19.0. The predicted octanol–water partition coefficient (Wildman–Crippen LogP) is 5.30. The van der Waals surface area contributed by atoms with E-state index < -0.39 is 0 Å². The van der Waals surface area contributed by atoms with Crippen molar-refractivity contribution < 1.29 is 14.3 Å². The minimum Gasteiger partial charge on any atom is -0.494 e. The largest absolute Gasteiger partial charge is 0.494 e. The molecule has 0 aliphatic carbocycles. The van der Waals surface area contributed by atoms with Gasteiger partial charge in [-0.3, -0.25) is 4.79 Å². The van der Waals surface area contributed by atoms with Crippen molar-refractivity contribution in [1.82, 2.24) is 15.0 Å². The monoisotopic (exact) mass is 452 g/mol. The van der Waals surface area contributed by atoms with Crippen LogP contribution in [0.1, 0.15) is 12.5 Å². The van der Waals surface area contributed by atoms with Gasteiger partial charge in [0.15, 0.2) is 6.61 Å². The molecule has 7 heteroatoms. The summed E-state index contributed by atoms with van der Waals surface area (Å²) >= 11 is 0. The van der Waals surface area contributed by atoms with E-state index in [2.05, 4.69) is 15.5 Å². The number of ether oxygens (including phenoxy) is 2. The molecule has 7 nitrogen and oxygen atoms in total. The zero-order chi connectivity index (χ0) is 23.5. The Morgan fingerprint density at radius 2 is 1.65 bits per heavy atom. The molecule has 1 N–H and O–H groups in total. The van der Waals surface area contributed by atoms with E-state index in [1.165, 1.54) is 0 Å². The zero-order valence-electron chi connectivity index (χ0n) is 19.0. The van der Waals surface area contributed by atoms with Crippen molar-refractivity contribution >= 4 is 33.4 Å². The van der Waals surface area contributed by atoms with Crippen molar-refractivity contribution in [1.29, 1.82) is 0 Å². The maximum atomic E-state index is 12.6. The van der Waals surface area contributed by atoms with Crippen molar-refractivity contribution in [2.45, 2.75) is 13.8 Å². The number of benzene rings is 4. The van der Waals surface area contributed by atoms with Crippen molar-refractivity contribution in [2.24, 2.45) is 0 Å². The van der Waals surface area contributed by atoms with E-state index in [1.807, 2.05) is 92.7 Å². The smallest absolute Gasteiger partial charge is 0.262 e. The second kappa shape index (κ2) is 9.23. The van der Waals surface area contributed by atoms with Gasteiger partial charge in [0.1, 0.15) is 22.5 Å². The van der Waals surface area contributed by atoms with Gasteiger partial charge in [-0.2, -0.15) is 4.80 Å². The fraction of sp³-hybridized carbons (Fsp3) is 0.148. The molecule has 1 aromatic heterocycles. The number of nitrogens with zero attached hydrogens (tertiary/aromatic N) is 3. The molecule has 5 rings (SSSR count). The van der Waals surface area contributed by atoms with Crippen LogP contribution in [0.5, 0.6) is 11.5 Å². The molecule has 0 radical (unpaired) electrons. The molecule has 0 fully saturated rings. The highest BCUT2D eigenvalue weighted by atomic mass is 16.5. The Morgan fingerprint density at radius 1 is 0.912 bits per heavy atom. The van der Waals surface area contributed by atoms with Crippen LogP contribution in [0.15, 0.2) is 78.9 Å². The van der Waals surface area contributed by atoms with Gasteiger partial charge in [-0.05, 0) is 67.3 Å². The van der Waals surface area contributed by atoms with E-state index in [9.17, 15) is 4.79 Å². The predicted molar refractivity (Wildman–Crippen MR) is 133 cm³/mol. The van der Waals surface area contributed by atoms with Crippen molar-refractivity contribution in [3.8, 4) is 17.2 Å². The third kappa shape index (κ3) is 4.41. The first-order valence-electron chi connectivity index (χ1n) is 11.1. The van der Waals surface area contributed by atoms with Crippen molar-refractivity contribution in [2.75, 3.05) is 18.5 Å². The maximum Gasteiger partial charge on any atom is 0.262 e. The molecule has 0 aliphatic heterocycles. The number of amides is 1. The van der Waals surface area contributed by atoms with Crippen molar-refractivity contribution in [3.63, 3.8) is 0 Å². The number of fused-ring (bicyclic) bond motifs is 2. The third-order valence-corrected chi connectivity index (χ3v) is 5.49. The summed E-state index contributed by atoms with van der Waals surface area (Å²) in [5.74, 6) is 1.24. The van der Waals surface area contributed by atoms with Crippen LogP contribution in [0.2, 0.25) is 0 Å². The second-order valence-corrected chi connectivity index (χ2v) is 7.89. The molecular formula is C27H24N4O3. The van der Waals surface area contributed by atoms with Crippen molar-refractivity contribution in [3.05, 3.63) is 84.4 Å². The minimum absolute atomic E-state index is 0.0929. The molecular weight excluding hydrogens is 428 g/mol. The molecule has 5 aromatic rings. The summed E-state index contributed by atoms with van der Waals surface area (Å²) in [7, 11) is 0. The van der Waals surface area contributed by atoms with E-state index >= 15 is 0 Å². The highest BCUT2D eigenvalue weighted by molar-refractivity contribution is 5.95. The molecule has 0 atom stereocenters. The number of anilines is 1. The number of nitrogens with one attached hydrogen (secondary N) is 1. The molecule has 0 saturated carbocycles. The second-order valence-electron chi connectivity index (χ2n) is 7.89. The van der Waals surface area contributed by atoms with E-state index in [0.717, 1.165) is 33.3 Å². The van der Waals surface area contributed by atoms with Gasteiger partial charge < -0.3 is 14.8 Å². The number of carbonyl (C=O) groups excluding carboxylic acids is 1. The van der Waals surface area contributed by atoms with Crippen LogP contribution >= 0.6 is 0 Å². The van der Waals surface area contributed by atoms with E-state index in [0.29, 0.717) is 23.6 Å². The van der Waals surface area contributed by atoms with E-state index in [1.54, 1.807) is 4.80 Å². The molecule has 0 bridgehead atoms. The minimum atomic E-state index is -0.241. The molecule has 1 heterocycles. The Bertz CT molecular complexity index is 1470. The summed E-state index contributed by atoms with van der Waals surface area (Å²) in [5.41, 5.74) is 3.83. The highest BCUT2D eigenvalue weighted by Crippen LogP contribution is 2.26. The lowest BCUT2D eigenvalue weighted by atomic mass is 10.1. The summed E-state index contributed by atoms with van der Waals surface area (Å²) in [6, 6.07) is 25.1. The van der Waals surface area contributed by atoms with Gasteiger partial charge in [0.25, 0.3) is 5.91 Å². The lowest BCUT2D eigenvalue weighted by Gasteiger charge is -2.11. The van der Waals surface area contributed by atoms with Crippen LogP contribution in [-0.4, -0.2) is 34.1 Å². The first-order chi connectivity index (χ1) is 16.6. The number of rotatable bonds is 7.